The van der Waals surface area contributed by atoms with Gasteiger partial charge in [0.15, 0.2) is 5.82 Å². The lowest BCUT2D eigenvalue weighted by atomic mass is 10.1. The van der Waals surface area contributed by atoms with E-state index in [2.05, 4.69) is 15.8 Å². The van der Waals surface area contributed by atoms with E-state index >= 15 is 0 Å². The molecular weight excluding hydrogens is 329 g/mol. The normalized spacial score (nSPS) is 11.8. The monoisotopic (exact) mass is 341 g/mol. The number of hydrogen-bond acceptors (Lipinski definition) is 4. The molecule has 0 bridgehead atoms. The number of hydrogen-bond donors (Lipinski definition) is 2. The number of nitrogens with one attached hydrogen (secondary N) is 2. The van der Waals surface area contributed by atoms with Crippen molar-refractivity contribution in [2.24, 2.45) is 0 Å². The van der Waals surface area contributed by atoms with Gasteiger partial charge in [0.1, 0.15) is 5.76 Å². The van der Waals surface area contributed by atoms with Gasteiger partial charge in [0, 0.05) is 6.07 Å². The summed E-state index contributed by atoms with van der Waals surface area (Å²) in [4.78, 5) is 23.6. The fourth-order valence-corrected chi connectivity index (χ4v) is 2.03. The second-order valence-corrected chi connectivity index (χ2v) is 5.46. The van der Waals surface area contributed by atoms with Crippen LogP contribution in [-0.2, 0) is 9.59 Å². The van der Waals surface area contributed by atoms with Crippen molar-refractivity contribution in [2.45, 2.75) is 19.9 Å². The van der Waals surface area contributed by atoms with Crippen LogP contribution in [0.4, 0.5) is 5.82 Å². The van der Waals surface area contributed by atoms with Gasteiger partial charge in [-0.3, -0.25) is 14.9 Å². The second-order valence-electron chi connectivity index (χ2n) is 4.65. The third-order valence-electron chi connectivity index (χ3n) is 2.87. The number of amides is 2. The highest BCUT2D eigenvalue weighted by Gasteiger charge is 2.18. The Balaban J connectivity index is 1.98. The van der Waals surface area contributed by atoms with E-state index in [0.717, 1.165) is 5.56 Å². The maximum Gasteiger partial charge on any atom is 0.314 e. The minimum Gasteiger partial charge on any atom is -0.360 e. The van der Waals surface area contributed by atoms with Crippen molar-refractivity contribution in [2.75, 3.05) is 5.32 Å². The largest absolute Gasteiger partial charge is 0.360 e. The van der Waals surface area contributed by atoms with Crippen LogP contribution in [0.3, 0.4) is 0 Å². The van der Waals surface area contributed by atoms with Gasteiger partial charge < -0.3 is 9.84 Å². The zero-order valence-electron chi connectivity index (χ0n) is 11.8. The molecule has 6 nitrogen and oxygen atoms in total. The summed E-state index contributed by atoms with van der Waals surface area (Å²) < 4.78 is 4.80. The number of anilines is 1. The van der Waals surface area contributed by atoms with E-state index in [0.29, 0.717) is 15.8 Å². The lowest BCUT2D eigenvalue weighted by molar-refractivity contribution is -0.136. The van der Waals surface area contributed by atoms with Crippen LogP contribution in [0, 0.1) is 6.92 Å². The summed E-state index contributed by atoms with van der Waals surface area (Å²) in [6.07, 6.45) is 0. The number of halogens is 2. The first kappa shape index (κ1) is 16.3. The fourth-order valence-electron chi connectivity index (χ4n) is 1.73. The summed E-state index contributed by atoms with van der Waals surface area (Å²) in [5.41, 5.74) is 0.729. The molecule has 1 aromatic carbocycles. The number of carbonyl (C=O) groups excluding carboxylic acids is 2. The average molecular weight is 342 g/mol. The van der Waals surface area contributed by atoms with Crippen LogP contribution >= 0.6 is 23.2 Å². The molecule has 0 saturated heterocycles. The van der Waals surface area contributed by atoms with E-state index in [9.17, 15) is 9.59 Å². The minimum absolute atomic E-state index is 0.180. The number of benzene rings is 1. The predicted molar refractivity (Wildman–Crippen MR) is 82.9 cm³/mol. The fraction of sp³-hybridized carbons (Fsp3) is 0.214. The third kappa shape index (κ3) is 3.99. The van der Waals surface area contributed by atoms with E-state index in [4.69, 9.17) is 27.7 Å². The summed E-state index contributed by atoms with van der Waals surface area (Å²) in [7, 11) is 0. The van der Waals surface area contributed by atoms with Gasteiger partial charge in [0.05, 0.1) is 16.1 Å². The van der Waals surface area contributed by atoms with Crippen LogP contribution in [0.2, 0.25) is 10.0 Å². The van der Waals surface area contributed by atoms with E-state index in [1.54, 1.807) is 32.0 Å². The zero-order valence-corrected chi connectivity index (χ0v) is 13.3. The van der Waals surface area contributed by atoms with Crippen LogP contribution in [-0.4, -0.2) is 17.0 Å². The molecule has 0 unspecified atom stereocenters. The van der Waals surface area contributed by atoms with E-state index < -0.39 is 17.9 Å². The molecule has 1 atom stereocenters. The van der Waals surface area contributed by atoms with Crippen molar-refractivity contribution in [1.82, 2.24) is 10.5 Å². The number of carbonyl (C=O) groups is 2. The lowest BCUT2D eigenvalue weighted by Crippen LogP contribution is -2.37. The van der Waals surface area contributed by atoms with Crippen molar-refractivity contribution >= 4 is 40.8 Å². The number of aromatic nitrogens is 1. The molecule has 0 radical (unpaired) electrons. The Kier molecular flexibility index (Phi) is 5.05. The summed E-state index contributed by atoms with van der Waals surface area (Å²) in [5.74, 6) is -0.917. The highest BCUT2D eigenvalue weighted by atomic mass is 35.5. The molecule has 0 saturated carbocycles. The van der Waals surface area contributed by atoms with Gasteiger partial charge in [0.25, 0.3) is 0 Å². The number of nitrogens with zero attached hydrogens (tertiary/aromatic N) is 1. The summed E-state index contributed by atoms with van der Waals surface area (Å²) in [5, 5.41) is 9.27. The van der Waals surface area contributed by atoms with Crippen LogP contribution in [0.25, 0.3) is 0 Å². The van der Waals surface area contributed by atoms with Crippen molar-refractivity contribution in [3.05, 3.63) is 45.6 Å². The molecule has 0 spiro atoms. The summed E-state index contributed by atoms with van der Waals surface area (Å²) >= 11 is 11.8. The number of aryl methyl sites for hydroxylation is 1. The predicted octanol–water partition coefficient (Wildman–Crippen LogP) is 3.11. The van der Waals surface area contributed by atoms with Gasteiger partial charge in [-0.25, -0.2) is 0 Å². The standard InChI is InChI=1S/C14H13Cl2N3O3/c1-7-5-12(19-22-7)18-14(21)13(20)17-8(2)9-3-4-10(15)11(16)6-9/h3-6,8H,1-2H3,(H,17,20)(H,18,19,21)/t8-/m1/s1. The van der Waals surface area contributed by atoms with Gasteiger partial charge in [-0.2, -0.15) is 0 Å². The molecule has 0 aliphatic carbocycles. The molecule has 2 rings (SSSR count). The maximum atomic E-state index is 11.8. The van der Waals surface area contributed by atoms with Crippen molar-refractivity contribution in [3.8, 4) is 0 Å². The Morgan fingerprint density at radius 2 is 1.91 bits per heavy atom. The molecule has 2 aromatic rings. The van der Waals surface area contributed by atoms with E-state index in [-0.39, 0.29) is 5.82 Å². The first-order valence-corrected chi connectivity index (χ1v) is 7.12. The Bertz CT molecular complexity index is 715. The average Bonchev–Trinajstić information content (AvgIpc) is 2.86. The quantitative estimate of drug-likeness (QED) is 0.840. The Hall–Kier alpha value is -2.05. The molecule has 0 aliphatic heterocycles. The molecule has 1 aromatic heterocycles. The molecule has 2 N–H and O–H groups in total. The Morgan fingerprint density at radius 3 is 2.50 bits per heavy atom. The van der Waals surface area contributed by atoms with Crippen LogP contribution in [0.15, 0.2) is 28.8 Å². The van der Waals surface area contributed by atoms with Crippen LogP contribution < -0.4 is 10.6 Å². The maximum absolute atomic E-state index is 11.8. The zero-order chi connectivity index (χ0) is 16.3. The van der Waals surface area contributed by atoms with Gasteiger partial charge in [-0.05, 0) is 31.5 Å². The molecule has 116 valence electrons. The van der Waals surface area contributed by atoms with Gasteiger partial charge in [0.2, 0.25) is 0 Å². The molecule has 1 heterocycles. The topological polar surface area (TPSA) is 84.2 Å². The van der Waals surface area contributed by atoms with Gasteiger partial charge in [-0.1, -0.05) is 34.4 Å². The minimum atomic E-state index is -0.833. The van der Waals surface area contributed by atoms with Crippen LogP contribution in [0.5, 0.6) is 0 Å². The highest BCUT2D eigenvalue weighted by molar-refractivity contribution is 6.42. The summed E-state index contributed by atoms with van der Waals surface area (Å²) in [6, 6.07) is 6.08. The third-order valence-corrected chi connectivity index (χ3v) is 3.61. The summed E-state index contributed by atoms with van der Waals surface area (Å²) in [6.45, 7) is 3.40. The van der Waals surface area contributed by atoms with Gasteiger partial charge in [-0.15, -0.1) is 0 Å². The molecule has 0 fully saturated rings. The Labute approximate surface area is 136 Å². The van der Waals surface area contributed by atoms with Crippen LogP contribution in [0.1, 0.15) is 24.3 Å². The van der Waals surface area contributed by atoms with Crippen molar-refractivity contribution in [1.29, 1.82) is 0 Å². The molecule has 0 aliphatic rings. The van der Waals surface area contributed by atoms with Crippen molar-refractivity contribution < 1.29 is 14.1 Å². The molecular formula is C14H13Cl2N3O3. The second kappa shape index (κ2) is 6.81. The Morgan fingerprint density at radius 1 is 1.18 bits per heavy atom. The molecule has 22 heavy (non-hydrogen) atoms. The van der Waals surface area contributed by atoms with Gasteiger partial charge >= 0.3 is 11.8 Å². The van der Waals surface area contributed by atoms with E-state index in [1.165, 1.54) is 6.07 Å². The highest BCUT2D eigenvalue weighted by Crippen LogP contribution is 2.25. The van der Waals surface area contributed by atoms with E-state index in [1.807, 2.05) is 0 Å². The lowest BCUT2D eigenvalue weighted by Gasteiger charge is -2.14. The molecule has 8 heteroatoms. The smallest absolute Gasteiger partial charge is 0.314 e. The molecule has 2 amide bonds. The first-order chi connectivity index (χ1) is 10.4. The first-order valence-electron chi connectivity index (χ1n) is 6.37. The number of rotatable bonds is 3. The van der Waals surface area contributed by atoms with Crippen molar-refractivity contribution in [3.63, 3.8) is 0 Å². The SMILES string of the molecule is Cc1cc(NC(=O)C(=O)N[C@H](C)c2ccc(Cl)c(Cl)c2)no1.